The topological polar surface area (TPSA) is 22.8 Å². The van der Waals surface area contributed by atoms with E-state index >= 15 is 0 Å². The third-order valence-electron chi connectivity index (χ3n) is 4.28. The molecule has 3 rings (SSSR count). The zero-order valence-electron chi connectivity index (χ0n) is 14.6. The number of imidazole rings is 1. The van der Waals surface area contributed by atoms with Crippen LogP contribution in [0, 0.1) is 0 Å². The Morgan fingerprint density at radius 2 is 1.92 bits per heavy atom. The third kappa shape index (κ3) is 3.57. The van der Waals surface area contributed by atoms with E-state index in [4.69, 9.17) is 0 Å². The summed E-state index contributed by atoms with van der Waals surface area (Å²) in [5.74, 6) is 0.910. The fraction of sp³-hybridized carbons (Fsp3) is 0.421. The quantitative estimate of drug-likeness (QED) is 0.601. The number of fused-ring (bicyclic) bond motifs is 1. The summed E-state index contributed by atoms with van der Waals surface area (Å²) >= 11 is 0. The maximum atomic E-state index is 13.0. The highest BCUT2D eigenvalue weighted by molar-refractivity contribution is 5.77. The summed E-state index contributed by atoms with van der Waals surface area (Å²) in [4.78, 5) is 4.48. The van der Waals surface area contributed by atoms with E-state index in [9.17, 15) is 13.2 Å². The molecular weight excluding hydrogens is 327 g/mol. The highest BCUT2D eigenvalue weighted by Crippen LogP contribution is 2.32. The van der Waals surface area contributed by atoms with E-state index in [0.29, 0.717) is 12.2 Å². The first-order valence-corrected chi connectivity index (χ1v) is 8.51. The highest BCUT2D eigenvalue weighted by Gasteiger charge is 2.31. The fourth-order valence-electron chi connectivity index (χ4n) is 3.09. The minimum Gasteiger partial charge on any atom is -0.336 e. The summed E-state index contributed by atoms with van der Waals surface area (Å²) < 4.78 is 42.9. The molecule has 0 spiro atoms. The zero-order chi connectivity index (χ0) is 18.2. The average Bonchev–Trinajstić information content (AvgIpc) is 3.12. The number of hydrogen-bond donors (Lipinski definition) is 0. The fourth-order valence-corrected chi connectivity index (χ4v) is 3.09. The maximum absolute atomic E-state index is 13.0. The Morgan fingerprint density at radius 3 is 2.56 bits per heavy atom. The van der Waals surface area contributed by atoms with Crippen molar-refractivity contribution in [2.24, 2.45) is 0 Å². The molecule has 0 N–H and O–H groups in total. The Bertz CT molecular complexity index is 872. The van der Waals surface area contributed by atoms with Crippen LogP contribution in [0.15, 0.2) is 36.7 Å². The van der Waals surface area contributed by atoms with Crippen molar-refractivity contribution < 1.29 is 13.2 Å². The van der Waals surface area contributed by atoms with E-state index in [0.717, 1.165) is 36.3 Å². The molecule has 0 atom stereocenters. The van der Waals surface area contributed by atoms with E-state index in [2.05, 4.69) is 28.7 Å². The molecule has 134 valence electrons. The number of hydrogen-bond acceptors (Lipinski definition) is 1. The number of rotatable bonds is 5. The van der Waals surface area contributed by atoms with Crippen LogP contribution in [0.4, 0.5) is 13.2 Å². The van der Waals surface area contributed by atoms with Gasteiger partial charge in [0.1, 0.15) is 12.5 Å². The van der Waals surface area contributed by atoms with Gasteiger partial charge in [0.25, 0.3) is 0 Å². The normalized spacial score (nSPS) is 12.4. The molecule has 0 aliphatic carbocycles. The van der Waals surface area contributed by atoms with Crippen LogP contribution in [0.3, 0.4) is 0 Å². The van der Waals surface area contributed by atoms with Gasteiger partial charge >= 0.3 is 6.18 Å². The Hall–Kier alpha value is -2.24. The van der Waals surface area contributed by atoms with Gasteiger partial charge in [0.05, 0.1) is 16.6 Å². The van der Waals surface area contributed by atoms with Crippen molar-refractivity contribution in [1.82, 2.24) is 14.1 Å². The van der Waals surface area contributed by atoms with Gasteiger partial charge in [-0.25, -0.2) is 4.98 Å². The van der Waals surface area contributed by atoms with Crippen LogP contribution in [-0.2, 0) is 19.3 Å². The van der Waals surface area contributed by atoms with Crippen molar-refractivity contribution >= 4 is 11.0 Å². The smallest absolute Gasteiger partial charge is 0.336 e. The molecule has 25 heavy (non-hydrogen) atoms. The molecule has 0 aliphatic heterocycles. The van der Waals surface area contributed by atoms with Gasteiger partial charge in [0.2, 0.25) is 0 Å². The predicted molar refractivity (Wildman–Crippen MR) is 92.6 cm³/mol. The van der Waals surface area contributed by atoms with Gasteiger partial charge in [-0.1, -0.05) is 27.2 Å². The first kappa shape index (κ1) is 17.6. The lowest BCUT2D eigenvalue weighted by atomic mass is 10.2. The predicted octanol–water partition coefficient (Wildman–Crippen LogP) is 5.44. The SMILES string of the molecule is CCCc1ccn(Cn2c(C(C)C)nc3cc(C(F)(F)F)ccc32)c1. The lowest BCUT2D eigenvalue weighted by molar-refractivity contribution is -0.137. The summed E-state index contributed by atoms with van der Waals surface area (Å²) in [6.07, 6.45) is 1.83. The third-order valence-corrected chi connectivity index (χ3v) is 4.28. The van der Waals surface area contributed by atoms with Crippen molar-refractivity contribution in [2.45, 2.75) is 52.4 Å². The van der Waals surface area contributed by atoms with Crippen LogP contribution < -0.4 is 0 Å². The largest absolute Gasteiger partial charge is 0.416 e. The van der Waals surface area contributed by atoms with Gasteiger partial charge in [0, 0.05) is 18.3 Å². The Labute approximate surface area is 145 Å². The number of aromatic nitrogens is 3. The van der Waals surface area contributed by atoms with Crippen LogP contribution in [0.5, 0.6) is 0 Å². The van der Waals surface area contributed by atoms with E-state index < -0.39 is 11.7 Å². The van der Waals surface area contributed by atoms with Crippen LogP contribution in [0.2, 0.25) is 0 Å². The maximum Gasteiger partial charge on any atom is 0.416 e. The first-order valence-electron chi connectivity index (χ1n) is 8.51. The molecule has 0 unspecified atom stereocenters. The van der Waals surface area contributed by atoms with Crippen molar-refractivity contribution in [1.29, 1.82) is 0 Å². The molecule has 0 fully saturated rings. The van der Waals surface area contributed by atoms with E-state index in [1.807, 2.05) is 24.6 Å². The molecule has 0 saturated carbocycles. The van der Waals surface area contributed by atoms with Crippen LogP contribution in [0.25, 0.3) is 11.0 Å². The molecule has 2 aromatic heterocycles. The van der Waals surface area contributed by atoms with Gasteiger partial charge in [-0.3, -0.25) is 0 Å². The van der Waals surface area contributed by atoms with Crippen molar-refractivity contribution in [3.8, 4) is 0 Å². The minimum absolute atomic E-state index is 0.118. The van der Waals surface area contributed by atoms with E-state index in [1.54, 1.807) is 0 Å². The zero-order valence-corrected chi connectivity index (χ0v) is 14.6. The number of aryl methyl sites for hydroxylation is 1. The molecule has 0 amide bonds. The van der Waals surface area contributed by atoms with Crippen LogP contribution in [0.1, 0.15) is 50.1 Å². The molecule has 6 heteroatoms. The second kappa shape index (κ2) is 6.58. The first-order chi connectivity index (χ1) is 11.8. The van der Waals surface area contributed by atoms with Gasteiger partial charge in [-0.05, 0) is 36.2 Å². The second-order valence-electron chi connectivity index (χ2n) is 6.68. The second-order valence-corrected chi connectivity index (χ2v) is 6.68. The number of nitrogens with zero attached hydrogens (tertiary/aromatic N) is 3. The highest BCUT2D eigenvalue weighted by atomic mass is 19.4. The lowest BCUT2D eigenvalue weighted by Gasteiger charge is -2.13. The molecular formula is C19H22F3N3. The van der Waals surface area contributed by atoms with Gasteiger partial charge in [0.15, 0.2) is 0 Å². The summed E-state index contributed by atoms with van der Waals surface area (Å²) in [6, 6.07) is 5.87. The van der Waals surface area contributed by atoms with Crippen molar-refractivity contribution in [3.05, 3.63) is 53.6 Å². The van der Waals surface area contributed by atoms with Crippen molar-refractivity contribution in [2.75, 3.05) is 0 Å². The molecule has 2 heterocycles. The Balaban J connectivity index is 2.04. The van der Waals surface area contributed by atoms with Gasteiger partial charge < -0.3 is 9.13 Å². The lowest BCUT2D eigenvalue weighted by Crippen LogP contribution is -2.11. The average molecular weight is 349 g/mol. The number of halogens is 3. The Morgan fingerprint density at radius 1 is 1.16 bits per heavy atom. The van der Waals surface area contributed by atoms with E-state index in [-0.39, 0.29) is 5.92 Å². The van der Waals surface area contributed by atoms with Crippen LogP contribution in [-0.4, -0.2) is 14.1 Å². The van der Waals surface area contributed by atoms with Gasteiger partial charge in [-0.2, -0.15) is 13.2 Å². The number of benzene rings is 1. The van der Waals surface area contributed by atoms with E-state index in [1.165, 1.54) is 11.6 Å². The molecule has 0 radical (unpaired) electrons. The minimum atomic E-state index is -4.36. The summed E-state index contributed by atoms with van der Waals surface area (Å²) in [6.45, 7) is 6.68. The number of alkyl halides is 3. The summed E-state index contributed by atoms with van der Waals surface area (Å²) in [7, 11) is 0. The summed E-state index contributed by atoms with van der Waals surface area (Å²) in [5.41, 5.74) is 1.71. The molecule has 1 aromatic carbocycles. The molecule has 0 aliphatic rings. The van der Waals surface area contributed by atoms with Crippen LogP contribution >= 0.6 is 0 Å². The Kier molecular flexibility index (Phi) is 4.62. The van der Waals surface area contributed by atoms with Crippen molar-refractivity contribution in [3.63, 3.8) is 0 Å². The molecule has 0 bridgehead atoms. The van der Waals surface area contributed by atoms with Gasteiger partial charge in [-0.15, -0.1) is 0 Å². The molecule has 3 nitrogen and oxygen atoms in total. The molecule has 0 saturated heterocycles. The molecule has 3 aromatic rings. The monoisotopic (exact) mass is 349 g/mol. The summed E-state index contributed by atoms with van der Waals surface area (Å²) in [5, 5.41) is 0. The standard InChI is InChI=1S/C19H22F3N3/c1-4-5-14-8-9-24(11-14)12-25-17-7-6-15(19(20,21)22)10-16(17)23-18(25)13(2)3/h6-11,13H,4-5,12H2,1-3H3.